The minimum Gasteiger partial charge on any atom is -0.493 e. The molecule has 0 atom stereocenters. The van der Waals surface area contributed by atoms with Gasteiger partial charge in [-0.05, 0) is 111 Å². The topological polar surface area (TPSA) is 25.3 Å². The second-order valence-electron chi connectivity index (χ2n) is 12.0. The van der Waals surface area contributed by atoms with Crippen molar-refractivity contribution >= 4 is 11.4 Å². The Morgan fingerprint density at radius 3 is 1.32 bits per heavy atom. The molecule has 2 aromatic rings. The zero-order valence-electron chi connectivity index (χ0n) is 26.5. The summed E-state index contributed by atoms with van der Waals surface area (Å²) in [7, 11) is 0. The van der Waals surface area contributed by atoms with Crippen LogP contribution in [0.15, 0.2) is 48.0 Å². The maximum Gasteiger partial charge on any atom is 0.210 e. The van der Waals surface area contributed by atoms with Crippen molar-refractivity contribution in [2.24, 2.45) is 0 Å². The zero-order valence-corrected chi connectivity index (χ0v) is 26.5. The number of hydrogen-bond donors (Lipinski definition) is 0. The molecular weight excluding hydrogens is 484 g/mol. The maximum absolute atomic E-state index is 11.9. The molecule has 1 aliphatic heterocycles. The Bertz CT molecular complexity index is 1100. The Hall–Kier alpha value is -2.48. The van der Waals surface area contributed by atoms with Crippen LogP contribution in [0.2, 0.25) is 0 Å². The Labute approximate surface area is 246 Å². The molecule has 0 radical (unpaired) electrons. The van der Waals surface area contributed by atoms with Gasteiger partial charge in [0.25, 0.3) is 0 Å². The highest BCUT2D eigenvalue weighted by Crippen LogP contribution is 2.39. The van der Waals surface area contributed by atoms with Crippen LogP contribution in [0.25, 0.3) is 16.9 Å². The van der Waals surface area contributed by atoms with Crippen molar-refractivity contribution in [2.45, 2.75) is 144 Å². The first-order chi connectivity index (χ1) is 19.5. The number of unbranched alkanes of at least 4 members (excludes halogenated alkanes) is 7. The summed E-state index contributed by atoms with van der Waals surface area (Å²) in [6, 6.07) is 14.2. The van der Waals surface area contributed by atoms with Gasteiger partial charge >= 0.3 is 0 Å². The first-order valence-electron chi connectivity index (χ1n) is 16.7. The van der Waals surface area contributed by atoms with Crippen molar-refractivity contribution in [3.05, 3.63) is 87.0 Å². The Kier molecular flexibility index (Phi) is 13.9. The minimum absolute atomic E-state index is 0.945. The largest absolute Gasteiger partial charge is 0.493 e. The van der Waals surface area contributed by atoms with Gasteiger partial charge in [0.1, 0.15) is 0 Å². The molecule has 40 heavy (non-hydrogen) atoms. The van der Waals surface area contributed by atoms with E-state index in [0.29, 0.717) is 0 Å². The molecule has 0 aliphatic carbocycles. The van der Waals surface area contributed by atoms with Gasteiger partial charge in [-0.1, -0.05) is 91.7 Å². The Morgan fingerprint density at radius 1 is 0.475 bits per heavy atom. The van der Waals surface area contributed by atoms with Gasteiger partial charge in [0.15, 0.2) is 0 Å². The van der Waals surface area contributed by atoms with Crippen LogP contribution in [0.1, 0.15) is 151 Å². The predicted octanol–water partition coefficient (Wildman–Crippen LogP) is 11.8. The van der Waals surface area contributed by atoms with E-state index >= 15 is 0 Å². The SMILES string of the molecule is CCCCCc1cc(CCCCC)cc(C2=C(CCCC)C=C(c3cc(CCCC)cc(CCCC)c3)[N+]2=[N-])c1. The normalized spacial score (nSPS) is 13.4. The fourth-order valence-corrected chi connectivity index (χ4v) is 5.93. The third kappa shape index (κ3) is 9.28. The molecule has 0 fully saturated rings. The highest BCUT2D eigenvalue weighted by molar-refractivity contribution is 5.79. The van der Waals surface area contributed by atoms with Gasteiger partial charge in [-0.2, -0.15) is 0 Å². The van der Waals surface area contributed by atoms with E-state index in [1.807, 2.05) is 0 Å². The van der Waals surface area contributed by atoms with E-state index in [9.17, 15) is 5.53 Å². The van der Waals surface area contributed by atoms with Gasteiger partial charge in [-0.15, -0.1) is 0 Å². The van der Waals surface area contributed by atoms with E-state index < -0.39 is 0 Å². The predicted molar refractivity (Wildman–Crippen MR) is 175 cm³/mol. The molecule has 0 N–H and O–H groups in total. The maximum atomic E-state index is 11.9. The average Bonchev–Trinajstić information content (AvgIpc) is 3.29. The summed E-state index contributed by atoms with van der Waals surface area (Å²) < 4.78 is 1.54. The molecule has 2 nitrogen and oxygen atoms in total. The molecule has 2 heteroatoms. The number of rotatable bonds is 19. The van der Waals surface area contributed by atoms with E-state index in [0.717, 1.165) is 61.9 Å². The highest BCUT2D eigenvalue weighted by Gasteiger charge is 2.29. The smallest absolute Gasteiger partial charge is 0.210 e. The molecule has 0 saturated heterocycles. The lowest BCUT2D eigenvalue weighted by Gasteiger charge is -2.14. The third-order valence-corrected chi connectivity index (χ3v) is 8.31. The molecule has 218 valence electrons. The van der Waals surface area contributed by atoms with Crippen molar-refractivity contribution in [1.29, 1.82) is 0 Å². The van der Waals surface area contributed by atoms with Gasteiger partial charge in [0.2, 0.25) is 11.4 Å². The van der Waals surface area contributed by atoms with Crippen molar-refractivity contribution in [2.75, 3.05) is 0 Å². The number of allylic oxidation sites excluding steroid dienone is 2. The minimum atomic E-state index is 0.945. The lowest BCUT2D eigenvalue weighted by atomic mass is 9.95. The molecule has 0 aromatic heterocycles. The molecule has 0 spiro atoms. The molecule has 2 aromatic carbocycles. The fraction of sp³-hybridized carbons (Fsp3) is 0.579. The number of aryl methyl sites for hydroxylation is 4. The van der Waals surface area contributed by atoms with Gasteiger partial charge in [0.05, 0.1) is 0 Å². The van der Waals surface area contributed by atoms with Crippen LogP contribution in [0, 0.1) is 0 Å². The van der Waals surface area contributed by atoms with Gasteiger partial charge < -0.3 is 5.53 Å². The van der Waals surface area contributed by atoms with Gasteiger partial charge in [0, 0.05) is 22.8 Å². The number of benzene rings is 2. The zero-order chi connectivity index (χ0) is 28.7. The lowest BCUT2D eigenvalue weighted by Crippen LogP contribution is -2.05. The van der Waals surface area contributed by atoms with Gasteiger partial charge in [-0.25, -0.2) is 4.70 Å². The van der Waals surface area contributed by atoms with Crippen LogP contribution in [0.3, 0.4) is 0 Å². The van der Waals surface area contributed by atoms with E-state index in [4.69, 9.17) is 0 Å². The van der Waals surface area contributed by atoms with Crippen LogP contribution < -0.4 is 0 Å². The summed E-state index contributed by atoms with van der Waals surface area (Å²) in [5, 5.41) is 0. The number of nitrogens with zero attached hydrogens (tertiary/aromatic N) is 2. The van der Waals surface area contributed by atoms with Crippen molar-refractivity contribution in [3.8, 4) is 0 Å². The molecule has 0 bridgehead atoms. The van der Waals surface area contributed by atoms with Crippen molar-refractivity contribution in [1.82, 2.24) is 0 Å². The highest BCUT2D eigenvalue weighted by atomic mass is 15.2. The van der Waals surface area contributed by atoms with Crippen LogP contribution in [0.5, 0.6) is 0 Å². The second-order valence-corrected chi connectivity index (χ2v) is 12.0. The summed E-state index contributed by atoms with van der Waals surface area (Å²) in [6.07, 6.45) is 22.3. The molecule has 1 aliphatic rings. The standard InChI is InChI=1S/C38H56N2/c1-6-11-16-20-32-24-33(21-17-12-7-2)28-36(27-32)38-34(22-15-10-5)29-37(40(38)39)35-25-30(18-13-8-3)23-31(26-35)19-14-9-4/h23-29H,6-22H2,1-5H3. The summed E-state index contributed by atoms with van der Waals surface area (Å²) in [4.78, 5) is 0. The lowest BCUT2D eigenvalue weighted by molar-refractivity contribution is -0.344. The molecule has 3 rings (SSSR count). The van der Waals surface area contributed by atoms with Gasteiger partial charge in [-0.3, -0.25) is 0 Å². The third-order valence-electron chi connectivity index (χ3n) is 8.31. The average molecular weight is 541 g/mol. The van der Waals surface area contributed by atoms with E-state index in [-0.39, 0.29) is 0 Å². The summed E-state index contributed by atoms with van der Waals surface area (Å²) in [6.45, 7) is 11.3. The summed E-state index contributed by atoms with van der Waals surface area (Å²) in [5.74, 6) is 0. The first kappa shape index (κ1) is 32.0. The summed E-state index contributed by atoms with van der Waals surface area (Å²) in [5.41, 5.74) is 23.1. The van der Waals surface area contributed by atoms with Crippen LogP contribution in [0.4, 0.5) is 0 Å². The molecule has 1 heterocycles. The molecular formula is C38H56N2. The van der Waals surface area contributed by atoms with E-state index in [2.05, 4.69) is 77.1 Å². The first-order valence-corrected chi connectivity index (χ1v) is 16.7. The van der Waals surface area contributed by atoms with E-state index in [1.54, 1.807) is 0 Å². The fourth-order valence-electron chi connectivity index (χ4n) is 5.93. The summed E-state index contributed by atoms with van der Waals surface area (Å²) >= 11 is 0. The molecule has 0 unspecified atom stereocenters. The van der Waals surface area contributed by atoms with Crippen molar-refractivity contribution < 1.29 is 4.70 Å². The second kappa shape index (κ2) is 17.4. The van der Waals surface area contributed by atoms with Crippen molar-refractivity contribution in [3.63, 3.8) is 0 Å². The van der Waals surface area contributed by atoms with Crippen LogP contribution in [-0.2, 0) is 25.7 Å². The van der Waals surface area contributed by atoms with Crippen LogP contribution in [-0.4, -0.2) is 4.70 Å². The quantitative estimate of drug-likeness (QED) is 0.125. The monoisotopic (exact) mass is 540 g/mol. The molecule has 0 amide bonds. The number of hydrogen-bond acceptors (Lipinski definition) is 0. The van der Waals surface area contributed by atoms with E-state index in [1.165, 1.54) is 102 Å². The van der Waals surface area contributed by atoms with Crippen LogP contribution >= 0.6 is 0 Å². The Morgan fingerprint density at radius 2 is 0.875 bits per heavy atom. The Balaban J connectivity index is 2.03. The molecule has 0 saturated carbocycles.